The van der Waals surface area contributed by atoms with E-state index in [4.69, 9.17) is 9.15 Å². The van der Waals surface area contributed by atoms with Gasteiger partial charge in [-0.25, -0.2) is 4.79 Å². The minimum atomic E-state index is -0.740. The van der Waals surface area contributed by atoms with Crippen LogP contribution in [0.15, 0.2) is 57.6 Å². The number of hydrogen-bond donors (Lipinski definition) is 1. The van der Waals surface area contributed by atoms with Crippen molar-refractivity contribution in [1.82, 2.24) is 5.32 Å². The summed E-state index contributed by atoms with van der Waals surface area (Å²) in [6.07, 6.45) is 4.06. The second-order valence-corrected chi connectivity index (χ2v) is 5.27. The van der Waals surface area contributed by atoms with Gasteiger partial charge in [0.2, 0.25) is 0 Å². The Hall–Kier alpha value is -2.67. The third-order valence-electron chi connectivity index (χ3n) is 2.60. The van der Waals surface area contributed by atoms with Crippen molar-refractivity contribution < 1.29 is 23.5 Å². The molecule has 0 aliphatic carbocycles. The van der Waals surface area contributed by atoms with E-state index < -0.39 is 24.4 Å². The smallest absolute Gasteiger partial charge is 0.331 e. The molecule has 0 saturated heterocycles. The zero-order valence-corrected chi connectivity index (χ0v) is 13.4. The van der Waals surface area contributed by atoms with Gasteiger partial charge in [-0.2, -0.15) is 0 Å². The molecule has 0 bridgehead atoms. The Morgan fingerprint density at radius 2 is 2.04 bits per heavy atom. The van der Waals surface area contributed by atoms with E-state index in [0.29, 0.717) is 0 Å². The molecule has 0 aliphatic heterocycles. The molecule has 0 aliphatic rings. The van der Waals surface area contributed by atoms with Gasteiger partial charge in [0.05, 0.1) is 6.26 Å². The Kier molecular flexibility index (Phi) is 5.87. The minimum absolute atomic E-state index is 0.000716. The fourth-order valence-electron chi connectivity index (χ4n) is 1.59. The van der Waals surface area contributed by atoms with Crippen LogP contribution < -0.4 is 5.32 Å². The van der Waals surface area contributed by atoms with Gasteiger partial charge in [0.25, 0.3) is 11.8 Å². The zero-order valence-electron chi connectivity index (χ0n) is 11.8. The van der Waals surface area contributed by atoms with Crippen LogP contribution >= 0.6 is 15.9 Å². The maximum absolute atomic E-state index is 11.5. The van der Waals surface area contributed by atoms with Crippen molar-refractivity contribution in [2.24, 2.45) is 0 Å². The topological polar surface area (TPSA) is 85.6 Å². The molecule has 1 heterocycles. The maximum atomic E-state index is 11.5. The zero-order chi connectivity index (χ0) is 16.7. The predicted molar refractivity (Wildman–Crippen MR) is 85.3 cm³/mol. The second-order valence-electron chi connectivity index (χ2n) is 4.35. The number of carbonyl (C=O) groups is 3. The SMILES string of the molecule is O=C(COC(=O)/C=C/c1cccc(Br)c1)NC(=O)c1ccco1. The minimum Gasteiger partial charge on any atom is -0.459 e. The molecule has 6 nitrogen and oxygen atoms in total. The van der Waals surface area contributed by atoms with Crippen molar-refractivity contribution >= 4 is 39.8 Å². The predicted octanol–water partition coefficient (Wildman–Crippen LogP) is 2.56. The van der Waals surface area contributed by atoms with Crippen LogP contribution in [-0.2, 0) is 14.3 Å². The van der Waals surface area contributed by atoms with Crippen molar-refractivity contribution in [3.63, 3.8) is 0 Å². The van der Waals surface area contributed by atoms with Gasteiger partial charge in [0.15, 0.2) is 12.4 Å². The standard InChI is InChI=1S/C16H12BrNO5/c17-12-4-1-3-11(9-12)6-7-15(20)23-10-14(19)18-16(21)13-5-2-8-22-13/h1-9H,10H2,(H,18,19,21)/b7-6+. The molecule has 0 unspecified atom stereocenters. The number of hydrogen-bond acceptors (Lipinski definition) is 5. The lowest BCUT2D eigenvalue weighted by atomic mass is 10.2. The molecule has 2 aromatic rings. The number of esters is 1. The molecule has 0 fully saturated rings. The van der Waals surface area contributed by atoms with Crippen molar-refractivity contribution in [2.45, 2.75) is 0 Å². The Labute approximate surface area is 140 Å². The van der Waals surface area contributed by atoms with Crippen LogP contribution in [-0.4, -0.2) is 24.4 Å². The number of rotatable bonds is 5. The van der Waals surface area contributed by atoms with Gasteiger partial charge in [-0.1, -0.05) is 28.1 Å². The molecule has 0 atom stereocenters. The van der Waals surface area contributed by atoms with Crippen LogP contribution in [0, 0.1) is 0 Å². The van der Waals surface area contributed by atoms with E-state index in [9.17, 15) is 14.4 Å². The number of ether oxygens (including phenoxy) is 1. The van der Waals surface area contributed by atoms with E-state index in [1.54, 1.807) is 6.08 Å². The van der Waals surface area contributed by atoms with E-state index in [2.05, 4.69) is 15.9 Å². The van der Waals surface area contributed by atoms with Gasteiger partial charge in [0.1, 0.15) is 0 Å². The molecular weight excluding hydrogens is 366 g/mol. The number of carbonyl (C=O) groups excluding carboxylic acids is 3. The van der Waals surface area contributed by atoms with Gasteiger partial charge in [-0.05, 0) is 35.9 Å². The van der Waals surface area contributed by atoms with E-state index in [1.165, 1.54) is 24.5 Å². The average Bonchev–Trinajstić information content (AvgIpc) is 3.05. The monoisotopic (exact) mass is 377 g/mol. The van der Waals surface area contributed by atoms with Gasteiger partial charge < -0.3 is 9.15 Å². The highest BCUT2D eigenvalue weighted by molar-refractivity contribution is 9.10. The van der Waals surface area contributed by atoms with Gasteiger partial charge in [-0.3, -0.25) is 14.9 Å². The summed E-state index contributed by atoms with van der Waals surface area (Å²) in [5.41, 5.74) is 0.800. The first kappa shape index (κ1) is 16.7. The third kappa shape index (κ3) is 5.55. The van der Waals surface area contributed by atoms with Gasteiger partial charge in [-0.15, -0.1) is 0 Å². The van der Waals surface area contributed by atoms with Crippen LogP contribution in [0.25, 0.3) is 6.08 Å². The summed E-state index contributed by atoms with van der Waals surface area (Å²) in [5, 5.41) is 2.04. The third-order valence-corrected chi connectivity index (χ3v) is 3.10. The largest absolute Gasteiger partial charge is 0.459 e. The van der Waals surface area contributed by atoms with Crippen LogP contribution in [0.4, 0.5) is 0 Å². The number of imide groups is 1. The first-order chi connectivity index (χ1) is 11.0. The first-order valence-electron chi connectivity index (χ1n) is 6.52. The van der Waals surface area contributed by atoms with Crippen LogP contribution in [0.2, 0.25) is 0 Å². The fourth-order valence-corrected chi connectivity index (χ4v) is 2.01. The van der Waals surface area contributed by atoms with Crippen molar-refractivity contribution in [3.05, 3.63) is 64.5 Å². The highest BCUT2D eigenvalue weighted by Crippen LogP contribution is 2.12. The second kappa shape index (κ2) is 8.09. The van der Waals surface area contributed by atoms with E-state index in [0.717, 1.165) is 10.0 Å². The highest BCUT2D eigenvalue weighted by Gasteiger charge is 2.13. The van der Waals surface area contributed by atoms with Crippen molar-refractivity contribution in [2.75, 3.05) is 6.61 Å². The lowest BCUT2D eigenvalue weighted by Crippen LogP contribution is -2.33. The summed E-state index contributed by atoms with van der Waals surface area (Å²) < 4.78 is 10.5. The lowest BCUT2D eigenvalue weighted by Gasteiger charge is -2.02. The lowest BCUT2D eigenvalue weighted by molar-refractivity contribution is -0.143. The van der Waals surface area contributed by atoms with Crippen LogP contribution in [0.1, 0.15) is 16.1 Å². The fraction of sp³-hybridized carbons (Fsp3) is 0.0625. The molecule has 2 rings (SSSR count). The molecular formula is C16H12BrNO5. The number of amides is 2. The summed E-state index contributed by atoms with van der Waals surface area (Å²) in [6.45, 7) is -0.561. The summed E-state index contributed by atoms with van der Waals surface area (Å²) in [7, 11) is 0. The molecule has 118 valence electrons. The van der Waals surface area contributed by atoms with Gasteiger partial charge >= 0.3 is 5.97 Å². The maximum Gasteiger partial charge on any atom is 0.331 e. The van der Waals surface area contributed by atoms with Crippen LogP contribution in [0.3, 0.4) is 0 Å². The molecule has 0 saturated carbocycles. The number of halogens is 1. The normalized spacial score (nSPS) is 10.5. The molecule has 23 heavy (non-hydrogen) atoms. The Morgan fingerprint density at radius 1 is 1.22 bits per heavy atom. The summed E-state index contributed by atoms with van der Waals surface area (Å²) in [4.78, 5) is 34.5. The Balaban J connectivity index is 1.77. The van der Waals surface area contributed by atoms with E-state index in [1.807, 2.05) is 29.6 Å². The molecule has 2 amide bonds. The number of nitrogens with one attached hydrogen (secondary N) is 1. The number of benzene rings is 1. The van der Waals surface area contributed by atoms with Crippen molar-refractivity contribution in [3.8, 4) is 0 Å². The van der Waals surface area contributed by atoms with Crippen LogP contribution in [0.5, 0.6) is 0 Å². The van der Waals surface area contributed by atoms with Gasteiger partial charge in [0, 0.05) is 10.5 Å². The summed E-state index contributed by atoms with van der Waals surface area (Å²) >= 11 is 3.32. The molecule has 0 radical (unpaired) electrons. The average molecular weight is 378 g/mol. The summed E-state index contributed by atoms with van der Waals surface area (Å²) in [5.74, 6) is -2.12. The molecule has 1 aromatic heterocycles. The molecule has 0 spiro atoms. The number of furan rings is 1. The Morgan fingerprint density at radius 3 is 2.74 bits per heavy atom. The molecule has 1 N–H and O–H groups in total. The van der Waals surface area contributed by atoms with Crippen molar-refractivity contribution in [1.29, 1.82) is 0 Å². The molecule has 7 heteroatoms. The Bertz CT molecular complexity index is 737. The van der Waals surface area contributed by atoms with E-state index >= 15 is 0 Å². The quantitative estimate of drug-likeness (QED) is 0.639. The first-order valence-corrected chi connectivity index (χ1v) is 7.32. The summed E-state index contributed by atoms with van der Waals surface area (Å²) in [6, 6.07) is 10.2. The molecule has 1 aromatic carbocycles. The highest BCUT2D eigenvalue weighted by atomic mass is 79.9. The van der Waals surface area contributed by atoms with E-state index in [-0.39, 0.29) is 5.76 Å².